The first-order chi connectivity index (χ1) is 16.3. The summed E-state index contributed by atoms with van der Waals surface area (Å²) in [6.07, 6.45) is 4.69. The molecule has 3 heterocycles. The van der Waals surface area contributed by atoms with Crippen LogP contribution < -0.4 is 0 Å². The highest BCUT2D eigenvalue weighted by Gasteiger charge is 2.23. The Labute approximate surface area is 203 Å². The smallest absolute Gasteiger partial charge is 0.198 e. The summed E-state index contributed by atoms with van der Waals surface area (Å²) in [7, 11) is 0. The molecule has 0 unspecified atom stereocenters. The Balaban J connectivity index is 1.42. The minimum absolute atomic E-state index is 0.218. The molecule has 33 heavy (non-hydrogen) atoms. The van der Waals surface area contributed by atoms with Gasteiger partial charge in [0.2, 0.25) is 0 Å². The zero-order valence-corrected chi connectivity index (χ0v) is 20.3. The Kier molecular flexibility index (Phi) is 5.82. The summed E-state index contributed by atoms with van der Waals surface area (Å²) in [4.78, 5) is 7.66. The topological polar surface area (TPSA) is 43.1 Å². The molecule has 0 N–H and O–H groups in total. The summed E-state index contributed by atoms with van der Waals surface area (Å²) in [5.74, 6) is 1.31. The van der Waals surface area contributed by atoms with Gasteiger partial charge in [0.1, 0.15) is 10.6 Å². The third-order valence-electron chi connectivity index (χ3n) is 5.89. The van der Waals surface area contributed by atoms with E-state index in [1.165, 1.54) is 46.4 Å². The summed E-state index contributed by atoms with van der Waals surface area (Å²) >= 11 is 5.16. The molecule has 0 saturated carbocycles. The number of rotatable bonds is 6. The SMILES string of the molecule is Fc1ccc(CSc2nnc3c4c5c(sc4nc(SCc4ccccc4)n23)CCCC5)cc1. The molecule has 2 aromatic carbocycles. The van der Waals surface area contributed by atoms with E-state index in [-0.39, 0.29) is 5.82 Å². The van der Waals surface area contributed by atoms with Crippen molar-refractivity contribution in [2.45, 2.75) is 47.5 Å². The number of fused-ring (bicyclic) bond motifs is 5. The number of benzene rings is 2. The standard InChI is InChI=1S/C25H21FN4S3/c26-18-12-10-17(11-13-18)15-32-25-29-28-22-21-19-8-4-5-9-20(19)33-23(21)27-24(30(22)25)31-14-16-6-2-1-3-7-16/h1-3,6-7,10-13H,4-5,8-9,14-15H2. The molecule has 0 bridgehead atoms. The predicted molar refractivity (Wildman–Crippen MR) is 135 cm³/mol. The van der Waals surface area contributed by atoms with E-state index in [2.05, 4.69) is 38.9 Å². The predicted octanol–water partition coefficient (Wildman–Crippen LogP) is 6.94. The lowest BCUT2D eigenvalue weighted by Gasteiger charge is -2.11. The molecule has 0 spiro atoms. The number of thioether (sulfide) groups is 2. The number of aryl methyl sites for hydroxylation is 2. The maximum absolute atomic E-state index is 13.3. The van der Waals surface area contributed by atoms with Crippen molar-refractivity contribution in [3.05, 3.63) is 82.0 Å². The molecule has 0 aliphatic heterocycles. The van der Waals surface area contributed by atoms with Crippen molar-refractivity contribution in [1.29, 1.82) is 0 Å². The van der Waals surface area contributed by atoms with Crippen LogP contribution in [0.15, 0.2) is 64.9 Å². The first-order valence-corrected chi connectivity index (χ1v) is 13.8. The Morgan fingerprint density at radius 2 is 1.58 bits per heavy atom. The van der Waals surface area contributed by atoms with Crippen LogP contribution in [0, 0.1) is 5.82 Å². The van der Waals surface area contributed by atoms with E-state index in [0.717, 1.165) is 44.9 Å². The second-order valence-corrected chi connectivity index (χ2v) is 11.1. The monoisotopic (exact) mass is 492 g/mol. The largest absolute Gasteiger partial charge is 0.247 e. The van der Waals surface area contributed by atoms with Crippen molar-refractivity contribution in [2.75, 3.05) is 0 Å². The van der Waals surface area contributed by atoms with Crippen LogP contribution in [0.2, 0.25) is 0 Å². The van der Waals surface area contributed by atoms with Gasteiger partial charge in [-0.2, -0.15) is 0 Å². The Bertz CT molecular complexity index is 1430. The lowest BCUT2D eigenvalue weighted by atomic mass is 9.97. The van der Waals surface area contributed by atoms with E-state index in [1.54, 1.807) is 23.5 Å². The molecule has 0 saturated heterocycles. The van der Waals surface area contributed by atoms with Gasteiger partial charge in [-0.05, 0) is 54.5 Å². The molecule has 0 fully saturated rings. The number of halogens is 1. The van der Waals surface area contributed by atoms with Gasteiger partial charge in [-0.3, -0.25) is 0 Å². The summed E-state index contributed by atoms with van der Waals surface area (Å²) in [5.41, 5.74) is 4.65. The first kappa shape index (κ1) is 21.1. The van der Waals surface area contributed by atoms with Crippen molar-refractivity contribution in [3.8, 4) is 0 Å². The third-order valence-corrected chi connectivity index (χ3v) is 9.09. The van der Waals surface area contributed by atoms with Gasteiger partial charge in [-0.15, -0.1) is 21.5 Å². The second-order valence-electron chi connectivity index (χ2n) is 8.12. The zero-order chi connectivity index (χ0) is 22.2. The summed E-state index contributed by atoms with van der Waals surface area (Å²) in [6, 6.07) is 17.1. The zero-order valence-electron chi connectivity index (χ0n) is 17.8. The van der Waals surface area contributed by atoms with Crippen LogP contribution in [0.25, 0.3) is 15.9 Å². The Morgan fingerprint density at radius 3 is 2.39 bits per heavy atom. The molecule has 3 aromatic heterocycles. The van der Waals surface area contributed by atoms with E-state index in [9.17, 15) is 4.39 Å². The van der Waals surface area contributed by atoms with E-state index < -0.39 is 0 Å². The van der Waals surface area contributed by atoms with E-state index in [4.69, 9.17) is 4.98 Å². The summed E-state index contributed by atoms with van der Waals surface area (Å²) < 4.78 is 15.4. The molecule has 1 aliphatic rings. The van der Waals surface area contributed by atoms with Crippen molar-refractivity contribution < 1.29 is 4.39 Å². The maximum Gasteiger partial charge on any atom is 0.198 e. The lowest BCUT2D eigenvalue weighted by molar-refractivity contribution is 0.627. The minimum Gasteiger partial charge on any atom is -0.247 e. The normalized spacial score (nSPS) is 13.6. The van der Waals surface area contributed by atoms with Crippen LogP contribution in [0.3, 0.4) is 0 Å². The molecule has 1 aliphatic carbocycles. The van der Waals surface area contributed by atoms with E-state index in [1.807, 2.05) is 29.5 Å². The Morgan fingerprint density at radius 1 is 0.848 bits per heavy atom. The number of hydrogen-bond acceptors (Lipinski definition) is 6. The van der Waals surface area contributed by atoms with Gasteiger partial charge in [-0.25, -0.2) is 13.8 Å². The Hall–Kier alpha value is -2.42. The molecule has 8 heteroatoms. The number of nitrogens with zero attached hydrogens (tertiary/aromatic N) is 4. The average Bonchev–Trinajstić information content (AvgIpc) is 3.44. The highest BCUT2D eigenvalue weighted by Crippen LogP contribution is 2.40. The van der Waals surface area contributed by atoms with Crippen LogP contribution >= 0.6 is 34.9 Å². The van der Waals surface area contributed by atoms with Crippen LogP contribution in [0.4, 0.5) is 4.39 Å². The van der Waals surface area contributed by atoms with E-state index >= 15 is 0 Å². The fourth-order valence-electron chi connectivity index (χ4n) is 4.24. The first-order valence-electron chi connectivity index (χ1n) is 11.0. The summed E-state index contributed by atoms with van der Waals surface area (Å²) in [5, 5.41) is 12.2. The molecular weight excluding hydrogens is 472 g/mol. The van der Waals surface area contributed by atoms with Crippen LogP contribution in [0.5, 0.6) is 0 Å². The number of hydrogen-bond donors (Lipinski definition) is 0. The molecule has 0 amide bonds. The van der Waals surface area contributed by atoms with Crippen molar-refractivity contribution in [3.63, 3.8) is 0 Å². The second kappa shape index (κ2) is 9.08. The van der Waals surface area contributed by atoms with Crippen molar-refractivity contribution >= 4 is 50.7 Å². The molecule has 166 valence electrons. The highest BCUT2D eigenvalue weighted by atomic mass is 32.2. The molecule has 4 nitrogen and oxygen atoms in total. The van der Waals surface area contributed by atoms with Gasteiger partial charge in [-0.1, -0.05) is 66.0 Å². The fourth-order valence-corrected chi connectivity index (χ4v) is 7.45. The molecule has 0 radical (unpaired) electrons. The summed E-state index contributed by atoms with van der Waals surface area (Å²) in [6.45, 7) is 0. The van der Waals surface area contributed by atoms with Crippen molar-refractivity contribution in [1.82, 2.24) is 19.6 Å². The lowest BCUT2D eigenvalue weighted by Crippen LogP contribution is -2.01. The molecule has 5 aromatic rings. The quantitative estimate of drug-likeness (QED) is 0.190. The van der Waals surface area contributed by atoms with Gasteiger partial charge in [0.25, 0.3) is 0 Å². The molecule has 0 atom stereocenters. The maximum atomic E-state index is 13.3. The highest BCUT2D eigenvalue weighted by molar-refractivity contribution is 7.99. The van der Waals surface area contributed by atoms with Crippen LogP contribution in [0.1, 0.15) is 34.4 Å². The third kappa shape index (κ3) is 4.16. The van der Waals surface area contributed by atoms with Gasteiger partial charge in [0.05, 0.1) is 5.39 Å². The van der Waals surface area contributed by atoms with E-state index in [0.29, 0.717) is 5.75 Å². The number of thiophene rings is 1. The van der Waals surface area contributed by atoms with Crippen LogP contribution in [-0.4, -0.2) is 19.6 Å². The molecular formula is C25H21FN4S3. The van der Waals surface area contributed by atoms with Gasteiger partial charge < -0.3 is 0 Å². The average molecular weight is 493 g/mol. The van der Waals surface area contributed by atoms with Gasteiger partial charge in [0.15, 0.2) is 16.0 Å². The van der Waals surface area contributed by atoms with Crippen LogP contribution in [-0.2, 0) is 24.3 Å². The molecule has 6 rings (SSSR count). The fraction of sp³-hybridized carbons (Fsp3) is 0.240. The number of aromatic nitrogens is 4. The van der Waals surface area contributed by atoms with Gasteiger partial charge >= 0.3 is 0 Å². The van der Waals surface area contributed by atoms with Gasteiger partial charge in [0, 0.05) is 16.4 Å². The van der Waals surface area contributed by atoms with Crippen molar-refractivity contribution in [2.24, 2.45) is 0 Å². The minimum atomic E-state index is -0.218.